The molecule has 1 N–H and O–H groups in total. The third-order valence-corrected chi connectivity index (χ3v) is 9.16. The van der Waals surface area contributed by atoms with Crippen LogP contribution < -0.4 is 0 Å². The van der Waals surface area contributed by atoms with Crippen LogP contribution in [0.15, 0.2) is 0 Å². The van der Waals surface area contributed by atoms with Gasteiger partial charge in [-0.25, -0.2) is 0 Å². The molecule has 1 unspecified atom stereocenters. The zero-order valence-electron chi connectivity index (χ0n) is 28.0. The SMILES string of the molecule is CCCCCCCCCCCCCCCCCCCCCCC(CCCCCCCCCCCCCC)C(=O)O. The van der Waals surface area contributed by atoms with Gasteiger partial charge in [0.1, 0.15) is 0 Å². The van der Waals surface area contributed by atoms with Gasteiger partial charge in [-0.3, -0.25) is 4.79 Å². The fraction of sp³-hybridized carbons (Fsp3) is 0.974. The molecule has 0 aliphatic heterocycles. The van der Waals surface area contributed by atoms with E-state index in [-0.39, 0.29) is 5.92 Å². The Morgan fingerprint density at radius 2 is 0.525 bits per heavy atom. The van der Waals surface area contributed by atoms with Gasteiger partial charge in [-0.05, 0) is 12.8 Å². The smallest absolute Gasteiger partial charge is 0.306 e. The third-order valence-electron chi connectivity index (χ3n) is 9.16. The molecular weight excluding hydrogens is 488 g/mol. The van der Waals surface area contributed by atoms with Gasteiger partial charge in [0.15, 0.2) is 0 Å². The Hall–Kier alpha value is -0.530. The Kier molecular flexibility index (Phi) is 34.2. The molecule has 0 amide bonds. The van der Waals surface area contributed by atoms with Crippen LogP contribution in [0.3, 0.4) is 0 Å². The highest BCUT2D eigenvalue weighted by Gasteiger charge is 2.16. The lowest BCUT2D eigenvalue weighted by Crippen LogP contribution is -2.13. The van der Waals surface area contributed by atoms with Gasteiger partial charge in [-0.2, -0.15) is 0 Å². The number of unbranched alkanes of at least 4 members (excludes halogenated alkanes) is 30. The van der Waals surface area contributed by atoms with Crippen molar-refractivity contribution in [2.24, 2.45) is 5.92 Å². The summed E-state index contributed by atoms with van der Waals surface area (Å²) in [6.45, 7) is 4.57. The van der Waals surface area contributed by atoms with E-state index in [0.717, 1.165) is 25.7 Å². The van der Waals surface area contributed by atoms with E-state index in [1.54, 1.807) is 0 Å². The topological polar surface area (TPSA) is 37.3 Å². The molecule has 0 heterocycles. The van der Waals surface area contributed by atoms with Gasteiger partial charge >= 0.3 is 5.97 Å². The third kappa shape index (κ3) is 32.0. The molecule has 0 radical (unpaired) electrons. The summed E-state index contributed by atoms with van der Waals surface area (Å²) in [4.78, 5) is 11.7. The number of hydrogen-bond acceptors (Lipinski definition) is 1. The summed E-state index contributed by atoms with van der Waals surface area (Å²) in [7, 11) is 0. The van der Waals surface area contributed by atoms with Crippen molar-refractivity contribution in [2.45, 2.75) is 232 Å². The minimum absolute atomic E-state index is 0.0985. The summed E-state index contributed by atoms with van der Waals surface area (Å²) in [6.07, 6.45) is 45.8. The first kappa shape index (κ1) is 39.5. The van der Waals surface area contributed by atoms with Gasteiger partial charge in [0.05, 0.1) is 5.92 Å². The van der Waals surface area contributed by atoms with Crippen LogP contribution >= 0.6 is 0 Å². The zero-order chi connectivity index (χ0) is 29.2. The van der Waals surface area contributed by atoms with Crippen molar-refractivity contribution in [3.05, 3.63) is 0 Å². The number of carbonyl (C=O) groups is 1. The molecule has 240 valence electrons. The fourth-order valence-corrected chi connectivity index (χ4v) is 6.27. The molecule has 0 aliphatic rings. The lowest BCUT2D eigenvalue weighted by atomic mass is 9.94. The zero-order valence-corrected chi connectivity index (χ0v) is 28.0. The van der Waals surface area contributed by atoms with Crippen molar-refractivity contribution in [3.63, 3.8) is 0 Å². The van der Waals surface area contributed by atoms with Crippen molar-refractivity contribution >= 4 is 5.97 Å². The van der Waals surface area contributed by atoms with Crippen LogP contribution in [0.25, 0.3) is 0 Å². The maximum absolute atomic E-state index is 11.7. The van der Waals surface area contributed by atoms with Crippen LogP contribution in [0.2, 0.25) is 0 Å². The average Bonchev–Trinajstić information content (AvgIpc) is 2.95. The van der Waals surface area contributed by atoms with E-state index in [0.29, 0.717) is 0 Å². The molecule has 0 spiro atoms. The first-order chi connectivity index (χ1) is 19.7. The first-order valence-corrected chi connectivity index (χ1v) is 18.9. The van der Waals surface area contributed by atoms with E-state index < -0.39 is 5.97 Å². The van der Waals surface area contributed by atoms with Crippen LogP contribution in [0.4, 0.5) is 0 Å². The predicted octanol–water partition coefficient (Wildman–Crippen LogP) is 14.0. The normalized spacial score (nSPS) is 12.2. The van der Waals surface area contributed by atoms with Crippen molar-refractivity contribution in [1.82, 2.24) is 0 Å². The molecule has 0 bridgehead atoms. The molecule has 40 heavy (non-hydrogen) atoms. The number of carboxylic acids is 1. The van der Waals surface area contributed by atoms with Gasteiger partial charge in [0.25, 0.3) is 0 Å². The quantitative estimate of drug-likeness (QED) is 0.0777. The standard InChI is InChI=1S/C38H76O2/c1-3-5-7-9-11-13-15-17-18-19-20-21-22-23-24-26-28-30-32-34-36-37(38(39)40)35-33-31-29-27-25-16-14-12-10-8-6-4-2/h37H,3-36H2,1-2H3,(H,39,40). The second kappa shape index (κ2) is 34.7. The van der Waals surface area contributed by atoms with Gasteiger partial charge in [-0.1, -0.05) is 219 Å². The molecule has 1 atom stereocenters. The molecule has 0 rings (SSSR count). The molecule has 2 nitrogen and oxygen atoms in total. The van der Waals surface area contributed by atoms with Crippen molar-refractivity contribution in [3.8, 4) is 0 Å². The van der Waals surface area contributed by atoms with E-state index in [1.165, 1.54) is 193 Å². The number of carboxylic acid groups (broad SMARTS) is 1. The van der Waals surface area contributed by atoms with Gasteiger partial charge in [0.2, 0.25) is 0 Å². The minimum Gasteiger partial charge on any atom is -0.481 e. The summed E-state index contributed by atoms with van der Waals surface area (Å²) in [6, 6.07) is 0. The van der Waals surface area contributed by atoms with Crippen molar-refractivity contribution in [1.29, 1.82) is 0 Å². The van der Waals surface area contributed by atoms with E-state index in [9.17, 15) is 9.90 Å². The molecule has 0 aromatic heterocycles. The van der Waals surface area contributed by atoms with Crippen molar-refractivity contribution in [2.75, 3.05) is 0 Å². The molecule has 0 saturated heterocycles. The maximum Gasteiger partial charge on any atom is 0.306 e. The van der Waals surface area contributed by atoms with Gasteiger partial charge in [0, 0.05) is 0 Å². The fourth-order valence-electron chi connectivity index (χ4n) is 6.27. The molecule has 0 aromatic carbocycles. The summed E-state index contributed by atoms with van der Waals surface area (Å²) in [5.74, 6) is -0.653. The number of aliphatic carboxylic acids is 1. The van der Waals surface area contributed by atoms with E-state index in [4.69, 9.17) is 0 Å². The molecular formula is C38H76O2. The lowest BCUT2D eigenvalue weighted by molar-refractivity contribution is -0.142. The molecule has 2 heteroatoms. The Balaban J connectivity index is 3.35. The van der Waals surface area contributed by atoms with Crippen LogP contribution in [-0.4, -0.2) is 11.1 Å². The molecule has 0 aromatic rings. The summed E-state index contributed by atoms with van der Waals surface area (Å²) >= 11 is 0. The predicted molar refractivity (Wildman–Crippen MR) is 179 cm³/mol. The molecule has 0 saturated carbocycles. The minimum atomic E-state index is -0.555. The summed E-state index contributed by atoms with van der Waals surface area (Å²) in [5, 5.41) is 9.61. The second-order valence-corrected chi connectivity index (χ2v) is 13.2. The van der Waals surface area contributed by atoms with Crippen LogP contribution in [0.1, 0.15) is 232 Å². The summed E-state index contributed by atoms with van der Waals surface area (Å²) < 4.78 is 0. The highest BCUT2D eigenvalue weighted by Crippen LogP contribution is 2.20. The van der Waals surface area contributed by atoms with Crippen molar-refractivity contribution < 1.29 is 9.90 Å². The Morgan fingerprint density at radius 3 is 0.700 bits per heavy atom. The molecule has 0 aliphatic carbocycles. The van der Waals surface area contributed by atoms with Crippen LogP contribution in [0.5, 0.6) is 0 Å². The summed E-state index contributed by atoms with van der Waals surface area (Å²) in [5.41, 5.74) is 0. The number of hydrogen-bond donors (Lipinski definition) is 1. The van der Waals surface area contributed by atoms with E-state index in [2.05, 4.69) is 13.8 Å². The lowest BCUT2D eigenvalue weighted by Gasteiger charge is -2.12. The Labute approximate surface area is 253 Å². The van der Waals surface area contributed by atoms with Crippen LogP contribution in [-0.2, 0) is 4.79 Å². The Morgan fingerprint density at radius 1 is 0.350 bits per heavy atom. The monoisotopic (exact) mass is 565 g/mol. The highest BCUT2D eigenvalue weighted by atomic mass is 16.4. The number of rotatable bonds is 35. The molecule has 0 fully saturated rings. The average molecular weight is 565 g/mol. The first-order valence-electron chi connectivity index (χ1n) is 18.9. The Bertz CT molecular complexity index is 474. The van der Waals surface area contributed by atoms with Gasteiger partial charge < -0.3 is 5.11 Å². The van der Waals surface area contributed by atoms with Gasteiger partial charge in [-0.15, -0.1) is 0 Å². The van der Waals surface area contributed by atoms with E-state index in [1.807, 2.05) is 0 Å². The maximum atomic E-state index is 11.7. The largest absolute Gasteiger partial charge is 0.481 e. The van der Waals surface area contributed by atoms with Crippen LogP contribution in [0, 0.1) is 5.92 Å². The second-order valence-electron chi connectivity index (χ2n) is 13.2. The highest BCUT2D eigenvalue weighted by molar-refractivity contribution is 5.69. The van der Waals surface area contributed by atoms with E-state index >= 15 is 0 Å².